The molecule has 2 rings (SSSR count). The van der Waals surface area contributed by atoms with Gasteiger partial charge in [-0.15, -0.1) is 0 Å². The molecule has 1 aliphatic heterocycles. The van der Waals surface area contributed by atoms with Crippen molar-refractivity contribution in [3.63, 3.8) is 0 Å². The number of carboxylic acid groups (broad SMARTS) is 1. The summed E-state index contributed by atoms with van der Waals surface area (Å²) < 4.78 is 0. The second-order valence-electron chi connectivity index (χ2n) is 4.37. The third kappa shape index (κ3) is 2.51. The number of anilines is 1. The summed E-state index contributed by atoms with van der Waals surface area (Å²) >= 11 is 0. The maximum Gasteiger partial charge on any atom is 0.354 e. The molecule has 0 spiro atoms. The second kappa shape index (κ2) is 5.11. The van der Waals surface area contributed by atoms with E-state index in [1.54, 1.807) is 7.05 Å². The highest BCUT2D eigenvalue weighted by atomic mass is 16.6. The van der Waals surface area contributed by atoms with Crippen LogP contribution in [0.3, 0.4) is 0 Å². The molecule has 106 valence electrons. The Morgan fingerprint density at radius 1 is 1.60 bits per heavy atom. The third-order valence-corrected chi connectivity index (χ3v) is 3.03. The van der Waals surface area contributed by atoms with Gasteiger partial charge in [-0.1, -0.05) is 0 Å². The van der Waals surface area contributed by atoms with E-state index in [4.69, 9.17) is 5.11 Å². The number of rotatable bonds is 4. The Bertz CT molecular complexity index is 588. The van der Waals surface area contributed by atoms with Crippen LogP contribution in [0.25, 0.3) is 0 Å². The van der Waals surface area contributed by atoms with Crippen molar-refractivity contribution >= 4 is 23.4 Å². The molecule has 0 aliphatic carbocycles. The quantitative estimate of drug-likeness (QED) is 0.601. The molecule has 1 unspecified atom stereocenters. The predicted molar refractivity (Wildman–Crippen MR) is 67.5 cm³/mol. The molecule has 9 heteroatoms. The van der Waals surface area contributed by atoms with Crippen LogP contribution in [0.5, 0.6) is 0 Å². The van der Waals surface area contributed by atoms with Gasteiger partial charge in [-0.2, -0.15) is 0 Å². The van der Waals surface area contributed by atoms with E-state index in [0.29, 0.717) is 13.0 Å². The average molecular weight is 280 g/mol. The van der Waals surface area contributed by atoms with Gasteiger partial charge in [-0.25, -0.2) is 9.78 Å². The zero-order valence-corrected chi connectivity index (χ0v) is 10.6. The van der Waals surface area contributed by atoms with Crippen molar-refractivity contribution in [2.75, 3.05) is 18.9 Å². The number of amides is 1. The maximum atomic E-state index is 11.8. The molecule has 1 saturated heterocycles. The van der Waals surface area contributed by atoms with Gasteiger partial charge in [0, 0.05) is 19.7 Å². The smallest absolute Gasteiger partial charge is 0.354 e. The summed E-state index contributed by atoms with van der Waals surface area (Å²) in [6, 6.07) is 1.48. The largest absolute Gasteiger partial charge is 0.477 e. The van der Waals surface area contributed by atoms with Crippen molar-refractivity contribution < 1.29 is 19.6 Å². The van der Waals surface area contributed by atoms with Crippen LogP contribution in [-0.4, -0.2) is 51.4 Å². The van der Waals surface area contributed by atoms with Crippen LogP contribution in [-0.2, 0) is 4.79 Å². The predicted octanol–water partition coefficient (Wildman–Crippen LogP) is 0.331. The van der Waals surface area contributed by atoms with Crippen LogP contribution < -0.4 is 5.32 Å². The Balaban J connectivity index is 2.33. The molecule has 1 aromatic heterocycles. The number of carbonyl (C=O) groups excluding carboxylic acids is 1. The molecule has 2 heterocycles. The van der Waals surface area contributed by atoms with E-state index < -0.39 is 16.9 Å². The van der Waals surface area contributed by atoms with E-state index >= 15 is 0 Å². The van der Waals surface area contributed by atoms with E-state index in [-0.39, 0.29) is 23.1 Å². The van der Waals surface area contributed by atoms with Crippen LogP contribution in [0.1, 0.15) is 16.9 Å². The molecule has 1 atom stereocenters. The van der Waals surface area contributed by atoms with E-state index in [0.717, 1.165) is 12.1 Å². The normalized spacial score (nSPS) is 18.1. The summed E-state index contributed by atoms with van der Waals surface area (Å²) in [6.45, 7) is 0.531. The zero-order valence-electron chi connectivity index (χ0n) is 10.6. The summed E-state index contributed by atoms with van der Waals surface area (Å²) in [5.41, 5.74) is -0.686. The number of hydrogen-bond acceptors (Lipinski definition) is 6. The lowest BCUT2D eigenvalue weighted by Crippen LogP contribution is -2.31. The Labute approximate surface area is 113 Å². The number of nitro groups is 1. The molecule has 9 nitrogen and oxygen atoms in total. The highest BCUT2D eigenvalue weighted by Gasteiger charge is 2.31. The topological polar surface area (TPSA) is 126 Å². The number of nitrogens with zero attached hydrogens (tertiary/aromatic N) is 3. The van der Waals surface area contributed by atoms with Crippen molar-refractivity contribution in [3.8, 4) is 0 Å². The minimum atomic E-state index is -1.29. The Morgan fingerprint density at radius 2 is 2.30 bits per heavy atom. The maximum absolute atomic E-state index is 11.8. The lowest BCUT2D eigenvalue weighted by Gasteiger charge is -2.13. The monoisotopic (exact) mass is 280 g/mol. The van der Waals surface area contributed by atoms with Crippen molar-refractivity contribution in [2.24, 2.45) is 0 Å². The minimum absolute atomic E-state index is 0.205. The Kier molecular flexibility index (Phi) is 3.51. The lowest BCUT2D eigenvalue weighted by molar-refractivity contribution is -0.384. The molecule has 0 aromatic carbocycles. The van der Waals surface area contributed by atoms with E-state index in [1.165, 1.54) is 4.90 Å². The summed E-state index contributed by atoms with van der Waals surface area (Å²) in [5, 5.41) is 22.4. The molecule has 0 radical (unpaired) electrons. The number of hydrogen-bond donors (Lipinski definition) is 2. The van der Waals surface area contributed by atoms with Gasteiger partial charge >= 0.3 is 11.7 Å². The van der Waals surface area contributed by atoms with Crippen LogP contribution >= 0.6 is 0 Å². The van der Waals surface area contributed by atoms with Gasteiger partial charge in [-0.05, 0) is 12.5 Å². The molecule has 1 amide bonds. The highest BCUT2D eigenvalue weighted by molar-refractivity contribution is 5.88. The first-order chi connectivity index (χ1) is 9.40. The van der Waals surface area contributed by atoms with E-state index in [1.807, 2.05) is 0 Å². The number of carbonyl (C=O) groups is 2. The SMILES string of the molecule is CN1CCC(Nc2nc(C(=O)O)ccc2[N+](=O)[O-])C1=O. The number of aromatic carboxylic acids is 1. The van der Waals surface area contributed by atoms with Crippen LogP contribution in [0.2, 0.25) is 0 Å². The standard InChI is InChI=1S/C11H12N4O5/c1-14-5-4-6(10(14)16)12-9-8(15(19)20)3-2-7(13-9)11(17)18/h2-3,6H,4-5H2,1H3,(H,12,13)(H,17,18). The molecule has 0 saturated carbocycles. The minimum Gasteiger partial charge on any atom is -0.477 e. The van der Waals surface area contributed by atoms with Crippen molar-refractivity contribution in [2.45, 2.75) is 12.5 Å². The van der Waals surface area contributed by atoms with Gasteiger partial charge < -0.3 is 15.3 Å². The molecule has 20 heavy (non-hydrogen) atoms. The molecular formula is C11H12N4O5. The van der Waals surface area contributed by atoms with E-state index in [2.05, 4.69) is 10.3 Å². The first kappa shape index (κ1) is 13.7. The fourth-order valence-electron chi connectivity index (χ4n) is 1.95. The van der Waals surface area contributed by atoms with Crippen LogP contribution in [0.15, 0.2) is 12.1 Å². The number of nitrogens with one attached hydrogen (secondary N) is 1. The Morgan fingerprint density at radius 3 is 2.80 bits per heavy atom. The number of likely N-dealkylation sites (N-methyl/N-ethyl adjacent to an activating group) is 1. The average Bonchev–Trinajstić information content (AvgIpc) is 2.70. The number of likely N-dealkylation sites (tertiary alicyclic amines) is 1. The molecule has 1 fully saturated rings. The molecule has 1 aromatic rings. The number of pyridine rings is 1. The summed E-state index contributed by atoms with van der Waals surface area (Å²) in [5.74, 6) is -1.71. The van der Waals surface area contributed by atoms with Gasteiger partial charge in [-0.3, -0.25) is 14.9 Å². The van der Waals surface area contributed by atoms with E-state index in [9.17, 15) is 19.7 Å². The first-order valence-electron chi connectivity index (χ1n) is 5.80. The van der Waals surface area contributed by atoms with Crippen LogP contribution in [0.4, 0.5) is 11.5 Å². The fourth-order valence-corrected chi connectivity index (χ4v) is 1.95. The van der Waals surface area contributed by atoms with Crippen LogP contribution in [0, 0.1) is 10.1 Å². The highest BCUT2D eigenvalue weighted by Crippen LogP contribution is 2.25. The van der Waals surface area contributed by atoms with Crippen molar-refractivity contribution in [1.29, 1.82) is 0 Å². The van der Waals surface area contributed by atoms with Crippen molar-refractivity contribution in [1.82, 2.24) is 9.88 Å². The molecular weight excluding hydrogens is 268 g/mol. The first-order valence-corrected chi connectivity index (χ1v) is 5.80. The fraction of sp³-hybridized carbons (Fsp3) is 0.364. The van der Waals surface area contributed by atoms with Gasteiger partial charge in [0.2, 0.25) is 11.7 Å². The molecule has 1 aliphatic rings. The number of aromatic nitrogens is 1. The second-order valence-corrected chi connectivity index (χ2v) is 4.37. The molecule has 0 bridgehead atoms. The van der Waals surface area contributed by atoms with Gasteiger partial charge in [0.25, 0.3) is 0 Å². The third-order valence-electron chi connectivity index (χ3n) is 3.03. The Hall–Kier alpha value is -2.71. The zero-order chi connectivity index (χ0) is 14.9. The summed E-state index contributed by atoms with van der Waals surface area (Å²) in [7, 11) is 1.62. The van der Waals surface area contributed by atoms with Crippen molar-refractivity contribution in [3.05, 3.63) is 27.9 Å². The lowest BCUT2D eigenvalue weighted by atomic mass is 10.2. The van der Waals surface area contributed by atoms with Gasteiger partial charge in [0.15, 0.2) is 5.69 Å². The molecule has 2 N–H and O–H groups in total. The summed E-state index contributed by atoms with van der Waals surface area (Å²) in [6.07, 6.45) is 0.478. The number of carboxylic acids is 1. The summed E-state index contributed by atoms with van der Waals surface area (Å²) in [4.78, 5) is 38.0. The van der Waals surface area contributed by atoms with Gasteiger partial charge in [0.05, 0.1) is 4.92 Å². The van der Waals surface area contributed by atoms with Gasteiger partial charge in [0.1, 0.15) is 6.04 Å².